The minimum absolute atomic E-state index is 0.311. The second-order valence-corrected chi connectivity index (χ2v) is 5.79. The monoisotopic (exact) mass is 302 g/mol. The Hall–Kier alpha value is -1.65. The van der Waals surface area contributed by atoms with E-state index in [1.807, 2.05) is 6.07 Å². The van der Waals surface area contributed by atoms with Crippen LogP contribution in [-0.4, -0.2) is 40.5 Å². The quantitative estimate of drug-likeness (QED) is 0.816. The summed E-state index contributed by atoms with van der Waals surface area (Å²) in [5.41, 5.74) is 1.36. The van der Waals surface area contributed by atoms with Crippen molar-refractivity contribution < 1.29 is 0 Å². The van der Waals surface area contributed by atoms with Gasteiger partial charge in [0.1, 0.15) is 5.82 Å². The molecule has 0 bridgehead atoms. The summed E-state index contributed by atoms with van der Waals surface area (Å²) >= 11 is 5.89. The van der Waals surface area contributed by atoms with E-state index in [4.69, 9.17) is 11.6 Å². The smallest absolute Gasteiger partial charge is 0.224 e. The Balaban J connectivity index is 1.64. The topological polar surface area (TPSA) is 32.3 Å². The summed E-state index contributed by atoms with van der Waals surface area (Å²) in [4.78, 5) is 13.1. The van der Waals surface area contributed by atoms with Crippen LogP contribution >= 0.6 is 11.6 Å². The van der Waals surface area contributed by atoms with Crippen LogP contribution in [0.1, 0.15) is 12.5 Å². The summed E-state index contributed by atoms with van der Waals surface area (Å²) in [6.07, 6.45) is 1.72. The van der Waals surface area contributed by atoms with E-state index in [1.165, 1.54) is 5.56 Å². The molecule has 110 valence electrons. The Bertz CT molecular complexity index is 590. The molecule has 4 nitrogen and oxygen atoms in total. The van der Waals surface area contributed by atoms with Gasteiger partial charge >= 0.3 is 0 Å². The number of nitrogens with zero attached hydrogens (tertiary/aromatic N) is 4. The minimum Gasteiger partial charge on any atom is -0.351 e. The maximum atomic E-state index is 5.89. The van der Waals surface area contributed by atoms with Gasteiger partial charge < -0.3 is 4.90 Å². The number of piperazine rings is 1. The Morgan fingerprint density at radius 2 is 2.00 bits per heavy atom. The molecule has 1 saturated heterocycles. The zero-order chi connectivity index (χ0) is 14.7. The van der Waals surface area contributed by atoms with Gasteiger partial charge in [0.25, 0.3) is 0 Å². The number of anilines is 1. The predicted octanol–water partition coefficient (Wildman–Crippen LogP) is 2.84. The molecule has 1 aliphatic heterocycles. The van der Waals surface area contributed by atoms with Gasteiger partial charge in [-0.25, -0.2) is 9.97 Å². The normalized spacial score (nSPS) is 19.7. The number of aromatic nitrogens is 2. The minimum atomic E-state index is 0.311. The first-order valence-corrected chi connectivity index (χ1v) is 7.61. The van der Waals surface area contributed by atoms with Crippen molar-refractivity contribution in [2.24, 2.45) is 0 Å². The van der Waals surface area contributed by atoms with Crippen molar-refractivity contribution in [1.29, 1.82) is 0 Å². The summed E-state index contributed by atoms with van der Waals surface area (Å²) in [5, 5.41) is 0.311. The van der Waals surface area contributed by atoms with Crippen molar-refractivity contribution in [3.8, 4) is 0 Å². The molecular weight excluding hydrogens is 284 g/mol. The molecule has 1 aromatic carbocycles. The van der Waals surface area contributed by atoms with Gasteiger partial charge in [0.15, 0.2) is 0 Å². The Morgan fingerprint density at radius 3 is 2.71 bits per heavy atom. The third kappa shape index (κ3) is 3.52. The van der Waals surface area contributed by atoms with Gasteiger partial charge in [-0.15, -0.1) is 0 Å². The third-order valence-electron chi connectivity index (χ3n) is 3.87. The molecule has 0 amide bonds. The maximum Gasteiger partial charge on any atom is 0.224 e. The van der Waals surface area contributed by atoms with Crippen molar-refractivity contribution in [3.63, 3.8) is 0 Å². The largest absolute Gasteiger partial charge is 0.351 e. The van der Waals surface area contributed by atoms with Gasteiger partial charge in [-0.05, 0) is 30.2 Å². The fourth-order valence-corrected chi connectivity index (χ4v) is 2.99. The van der Waals surface area contributed by atoms with Crippen LogP contribution in [0.15, 0.2) is 42.6 Å². The van der Waals surface area contributed by atoms with Crippen LogP contribution in [0.3, 0.4) is 0 Å². The van der Waals surface area contributed by atoms with Crippen LogP contribution in [0, 0.1) is 0 Å². The predicted molar refractivity (Wildman–Crippen MR) is 85.6 cm³/mol. The zero-order valence-corrected chi connectivity index (χ0v) is 12.9. The van der Waals surface area contributed by atoms with Gasteiger partial charge in [0.2, 0.25) is 5.28 Å². The fraction of sp³-hybridized carbons (Fsp3) is 0.375. The molecule has 1 fully saturated rings. The molecule has 5 heteroatoms. The lowest BCUT2D eigenvalue weighted by atomic mass is 10.1. The molecule has 21 heavy (non-hydrogen) atoms. The van der Waals surface area contributed by atoms with Crippen LogP contribution < -0.4 is 4.90 Å². The van der Waals surface area contributed by atoms with Gasteiger partial charge in [-0.2, -0.15) is 0 Å². The van der Waals surface area contributed by atoms with Crippen LogP contribution in [0.2, 0.25) is 5.28 Å². The maximum absolute atomic E-state index is 5.89. The first-order chi connectivity index (χ1) is 10.2. The SMILES string of the molecule is CC1CN(Cc2ccccc2)CCN1c1ccnc(Cl)n1. The molecule has 1 unspecified atom stereocenters. The zero-order valence-electron chi connectivity index (χ0n) is 12.1. The van der Waals surface area contributed by atoms with Gasteiger partial charge in [-0.1, -0.05) is 30.3 Å². The molecule has 0 spiro atoms. The van der Waals surface area contributed by atoms with Crippen LogP contribution in [0.25, 0.3) is 0 Å². The van der Waals surface area contributed by atoms with Gasteiger partial charge in [0, 0.05) is 38.4 Å². The van der Waals surface area contributed by atoms with Crippen molar-refractivity contribution in [2.45, 2.75) is 19.5 Å². The average Bonchev–Trinajstić information content (AvgIpc) is 2.48. The highest BCUT2D eigenvalue weighted by Crippen LogP contribution is 2.20. The van der Waals surface area contributed by atoms with Gasteiger partial charge in [0.05, 0.1) is 0 Å². The second-order valence-electron chi connectivity index (χ2n) is 5.45. The molecule has 0 saturated carbocycles. The average molecular weight is 303 g/mol. The number of halogens is 1. The molecule has 1 atom stereocenters. The van der Waals surface area contributed by atoms with Crippen molar-refractivity contribution >= 4 is 17.4 Å². The molecule has 1 aliphatic rings. The number of rotatable bonds is 3. The molecular formula is C16H19ClN4. The fourth-order valence-electron chi connectivity index (χ4n) is 2.84. The van der Waals surface area contributed by atoms with E-state index in [0.717, 1.165) is 32.0 Å². The van der Waals surface area contributed by atoms with Crippen molar-refractivity contribution in [1.82, 2.24) is 14.9 Å². The summed E-state index contributed by atoms with van der Waals surface area (Å²) in [6.45, 7) is 6.25. The first kappa shape index (κ1) is 14.3. The van der Waals surface area contributed by atoms with E-state index in [-0.39, 0.29) is 0 Å². The van der Waals surface area contributed by atoms with Crippen LogP contribution in [0.4, 0.5) is 5.82 Å². The summed E-state index contributed by atoms with van der Waals surface area (Å²) in [5.74, 6) is 0.918. The molecule has 0 radical (unpaired) electrons. The number of hydrogen-bond acceptors (Lipinski definition) is 4. The van der Waals surface area contributed by atoms with E-state index < -0.39 is 0 Å². The first-order valence-electron chi connectivity index (χ1n) is 7.24. The van der Waals surface area contributed by atoms with E-state index in [0.29, 0.717) is 11.3 Å². The molecule has 3 rings (SSSR count). The van der Waals surface area contributed by atoms with Crippen LogP contribution in [-0.2, 0) is 6.54 Å². The number of hydrogen-bond donors (Lipinski definition) is 0. The Labute approximate surface area is 130 Å². The van der Waals surface area contributed by atoms with E-state index in [9.17, 15) is 0 Å². The number of benzene rings is 1. The lowest BCUT2D eigenvalue weighted by Gasteiger charge is -2.40. The highest BCUT2D eigenvalue weighted by atomic mass is 35.5. The molecule has 1 aromatic heterocycles. The molecule has 0 aliphatic carbocycles. The molecule has 2 heterocycles. The summed E-state index contributed by atoms with van der Waals surface area (Å²) in [6, 6.07) is 12.9. The second kappa shape index (κ2) is 6.41. The lowest BCUT2D eigenvalue weighted by molar-refractivity contribution is 0.220. The lowest BCUT2D eigenvalue weighted by Crippen LogP contribution is -2.51. The van der Waals surface area contributed by atoms with E-state index >= 15 is 0 Å². The Kier molecular flexibility index (Phi) is 4.36. The molecule has 2 aromatic rings. The Morgan fingerprint density at radius 1 is 1.19 bits per heavy atom. The highest BCUT2D eigenvalue weighted by molar-refractivity contribution is 6.28. The van der Waals surface area contributed by atoms with E-state index in [2.05, 4.69) is 57.0 Å². The summed E-state index contributed by atoms with van der Waals surface area (Å²) in [7, 11) is 0. The third-order valence-corrected chi connectivity index (χ3v) is 4.05. The molecule has 0 N–H and O–H groups in total. The standard InChI is InChI=1S/C16H19ClN4/c1-13-11-20(12-14-5-3-2-4-6-14)9-10-21(13)15-7-8-18-16(17)19-15/h2-8,13H,9-12H2,1H3. The highest BCUT2D eigenvalue weighted by Gasteiger charge is 2.24. The summed E-state index contributed by atoms with van der Waals surface area (Å²) < 4.78 is 0. The van der Waals surface area contributed by atoms with Gasteiger partial charge in [-0.3, -0.25) is 4.90 Å². The van der Waals surface area contributed by atoms with E-state index in [1.54, 1.807) is 6.20 Å². The van der Waals surface area contributed by atoms with Crippen LogP contribution in [0.5, 0.6) is 0 Å². The van der Waals surface area contributed by atoms with Crippen molar-refractivity contribution in [2.75, 3.05) is 24.5 Å². The van der Waals surface area contributed by atoms with Crippen molar-refractivity contribution in [3.05, 3.63) is 53.4 Å².